The van der Waals surface area contributed by atoms with Crippen molar-refractivity contribution in [2.75, 3.05) is 0 Å². The molecule has 0 aromatic heterocycles. The van der Waals surface area contributed by atoms with Crippen LogP contribution in [-0.2, 0) is 0 Å². The predicted molar refractivity (Wildman–Crippen MR) is 51.1 cm³/mol. The second-order valence-corrected chi connectivity index (χ2v) is 3.25. The first kappa shape index (κ1) is 13.1. The van der Waals surface area contributed by atoms with Crippen molar-refractivity contribution in [1.82, 2.24) is 4.72 Å². The largest absolute Gasteiger partial charge is 1.00 e. The quantitative estimate of drug-likeness (QED) is 0.509. The molecule has 0 saturated heterocycles. The average molecular weight is 227 g/mol. The number of carbonyl (C=O) groups is 1. The molecule has 3 N–H and O–H groups in total. The summed E-state index contributed by atoms with van der Waals surface area (Å²) in [6.07, 6.45) is 0. The van der Waals surface area contributed by atoms with E-state index in [4.69, 9.17) is 17.3 Å². The molecule has 0 spiro atoms. The SMILES string of the molecule is NC(=O)NSc1ccccc1Cl.[H-].[Na+]. The van der Waals surface area contributed by atoms with E-state index in [0.29, 0.717) is 5.02 Å². The Hall–Kier alpha value is 0.130. The Labute approximate surface area is 109 Å². The molecule has 1 rings (SSSR count). The first-order chi connectivity index (χ1) is 5.70. The van der Waals surface area contributed by atoms with E-state index < -0.39 is 6.03 Å². The number of primary amides is 1. The van der Waals surface area contributed by atoms with Gasteiger partial charge in [-0.1, -0.05) is 23.7 Å². The summed E-state index contributed by atoms with van der Waals surface area (Å²) in [6, 6.07) is 6.60. The molecule has 0 bridgehead atoms. The fourth-order valence-corrected chi connectivity index (χ4v) is 1.41. The van der Waals surface area contributed by atoms with Crippen LogP contribution in [0.5, 0.6) is 0 Å². The standard InChI is InChI=1S/C7H7ClN2OS.Na.H/c8-5-3-1-2-4-6(5)12-10-7(9)11;;/h1-4H,(H3,9,10,11);;/q;+1;-1. The molecule has 66 valence electrons. The number of hydrogen-bond donors (Lipinski definition) is 2. The van der Waals surface area contributed by atoms with Crippen LogP contribution in [0.4, 0.5) is 4.79 Å². The number of amides is 2. The topological polar surface area (TPSA) is 55.1 Å². The van der Waals surface area contributed by atoms with Crippen LogP contribution < -0.4 is 40.0 Å². The van der Waals surface area contributed by atoms with Crippen molar-refractivity contribution >= 4 is 29.6 Å². The number of nitrogens with one attached hydrogen (secondary N) is 1. The van der Waals surface area contributed by atoms with Crippen molar-refractivity contribution in [2.45, 2.75) is 4.90 Å². The van der Waals surface area contributed by atoms with Crippen molar-refractivity contribution in [3.05, 3.63) is 29.3 Å². The zero-order valence-corrected chi connectivity index (χ0v) is 10.7. The van der Waals surface area contributed by atoms with Crippen molar-refractivity contribution in [2.24, 2.45) is 5.73 Å². The smallest absolute Gasteiger partial charge is 1.00 e. The number of nitrogens with two attached hydrogens (primary N) is 1. The average Bonchev–Trinajstić information content (AvgIpc) is 2.03. The Morgan fingerprint density at radius 2 is 2.15 bits per heavy atom. The first-order valence-electron chi connectivity index (χ1n) is 3.17. The third kappa shape index (κ3) is 4.78. The minimum absolute atomic E-state index is 0. The van der Waals surface area contributed by atoms with Gasteiger partial charge in [-0.2, -0.15) is 0 Å². The molecule has 0 radical (unpaired) electrons. The zero-order valence-electron chi connectivity index (χ0n) is 8.08. The second kappa shape index (κ2) is 6.56. The van der Waals surface area contributed by atoms with Gasteiger partial charge in [-0.15, -0.1) is 0 Å². The van der Waals surface area contributed by atoms with Crippen LogP contribution in [-0.4, -0.2) is 6.03 Å². The molecule has 2 amide bonds. The van der Waals surface area contributed by atoms with Crippen LogP contribution in [0.3, 0.4) is 0 Å². The molecule has 0 heterocycles. The maximum Gasteiger partial charge on any atom is 1.00 e. The van der Waals surface area contributed by atoms with Gasteiger partial charge in [0.05, 0.1) is 5.02 Å². The molecule has 0 aliphatic heterocycles. The van der Waals surface area contributed by atoms with E-state index in [9.17, 15) is 4.79 Å². The van der Waals surface area contributed by atoms with Gasteiger partial charge in [0.25, 0.3) is 0 Å². The number of rotatable bonds is 2. The minimum atomic E-state index is -0.583. The Kier molecular flexibility index (Phi) is 6.63. The molecule has 0 aliphatic rings. The Morgan fingerprint density at radius 3 is 2.69 bits per heavy atom. The molecular formula is C7H8ClN2NaOS. The number of urea groups is 1. The van der Waals surface area contributed by atoms with Gasteiger partial charge in [-0.3, -0.25) is 4.72 Å². The van der Waals surface area contributed by atoms with Crippen molar-refractivity contribution in [3.8, 4) is 0 Å². The summed E-state index contributed by atoms with van der Waals surface area (Å²) in [5.41, 5.74) is 4.88. The molecule has 1 aromatic rings. The van der Waals surface area contributed by atoms with Crippen molar-refractivity contribution in [3.63, 3.8) is 0 Å². The van der Waals surface area contributed by atoms with E-state index in [2.05, 4.69) is 4.72 Å². The molecule has 0 aliphatic carbocycles. The number of benzene rings is 1. The Balaban J connectivity index is 0. The normalized spacial score (nSPS) is 8.69. The summed E-state index contributed by atoms with van der Waals surface area (Å²) in [4.78, 5) is 11.1. The second-order valence-electron chi connectivity index (χ2n) is 2.00. The molecule has 0 unspecified atom stereocenters. The Bertz CT molecular complexity index is 303. The minimum Gasteiger partial charge on any atom is -1.00 e. The van der Waals surface area contributed by atoms with E-state index >= 15 is 0 Å². The number of halogens is 1. The third-order valence-electron chi connectivity index (χ3n) is 1.10. The van der Waals surface area contributed by atoms with E-state index in [0.717, 1.165) is 16.8 Å². The number of hydrogen-bond acceptors (Lipinski definition) is 2. The maximum atomic E-state index is 10.3. The molecule has 6 heteroatoms. The molecule has 0 fully saturated rings. The van der Waals surface area contributed by atoms with Gasteiger partial charge in [-0.25, -0.2) is 4.79 Å². The summed E-state index contributed by atoms with van der Waals surface area (Å²) in [6.45, 7) is 0. The summed E-state index contributed by atoms with van der Waals surface area (Å²) in [5.74, 6) is 0. The zero-order chi connectivity index (χ0) is 8.97. The summed E-state index contributed by atoms with van der Waals surface area (Å²) in [5, 5.41) is 0.594. The van der Waals surface area contributed by atoms with Gasteiger partial charge < -0.3 is 7.16 Å². The maximum absolute atomic E-state index is 10.3. The van der Waals surface area contributed by atoms with Crippen LogP contribution in [0.15, 0.2) is 29.2 Å². The molecule has 1 aromatic carbocycles. The fraction of sp³-hybridized carbons (Fsp3) is 0. The van der Waals surface area contributed by atoms with Crippen LogP contribution >= 0.6 is 23.5 Å². The van der Waals surface area contributed by atoms with Crippen molar-refractivity contribution < 1.29 is 35.8 Å². The van der Waals surface area contributed by atoms with Crippen LogP contribution in [0.2, 0.25) is 5.02 Å². The van der Waals surface area contributed by atoms with E-state index in [1.807, 2.05) is 12.1 Å². The first-order valence-corrected chi connectivity index (χ1v) is 4.36. The van der Waals surface area contributed by atoms with Gasteiger partial charge in [-0.05, 0) is 24.1 Å². The summed E-state index contributed by atoms with van der Waals surface area (Å²) < 4.78 is 2.37. The Morgan fingerprint density at radius 1 is 1.54 bits per heavy atom. The third-order valence-corrected chi connectivity index (χ3v) is 2.42. The molecule has 0 saturated carbocycles. The van der Waals surface area contributed by atoms with Crippen LogP contribution in [0.25, 0.3) is 0 Å². The predicted octanol–water partition coefficient (Wildman–Crippen LogP) is -0.868. The van der Waals surface area contributed by atoms with Crippen molar-refractivity contribution in [1.29, 1.82) is 0 Å². The molecular weight excluding hydrogens is 219 g/mol. The van der Waals surface area contributed by atoms with E-state index in [1.54, 1.807) is 12.1 Å². The fourth-order valence-electron chi connectivity index (χ4n) is 0.633. The van der Waals surface area contributed by atoms with Gasteiger partial charge in [0.15, 0.2) is 0 Å². The van der Waals surface area contributed by atoms with E-state index in [-0.39, 0.29) is 31.0 Å². The van der Waals surface area contributed by atoms with Gasteiger partial charge in [0.1, 0.15) is 0 Å². The number of carbonyl (C=O) groups excluding carboxylic acids is 1. The van der Waals surface area contributed by atoms with Crippen LogP contribution in [0.1, 0.15) is 1.43 Å². The summed E-state index contributed by atoms with van der Waals surface area (Å²) in [7, 11) is 0. The van der Waals surface area contributed by atoms with Gasteiger partial charge in [0, 0.05) is 4.90 Å². The molecule has 0 atom stereocenters. The van der Waals surface area contributed by atoms with E-state index in [1.165, 1.54) is 0 Å². The van der Waals surface area contributed by atoms with Gasteiger partial charge >= 0.3 is 35.6 Å². The molecule has 13 heavy (non-hydrogen) atoms. The van der Waals surface area contributed by atoms with Gasteiger partial charge in [0.2, 0.25) is 0 Å². The monoisotopic (exact) mass is 226 g/mol. The van der Waals surface area contributed by atoms with Crippen LogP contribution in [0, 0.1) is 0 Å². The summed E-state index contributed by atoms with van der Waals surface area (Å²) >= 11 is 6.89. The molecule has 3 nitrogen and oxygen atoms in total.